The number of carbonyl (C=O) groups is 2. The molecule has 0 radical (unpaired) electrons. The highest BCUT2D eigenvalue weighted by Crippen LogP contribution is 2.40. The number of alkyl halides is 1. The summed E-state index contributed by atoms with van der Waals surface area (Å²) in [6.07, 6.45) is -0.596. The highest BCUT2D eigenvalue weighted by Gasteiger charge is 2.50. The fraction of sp³-hybridized carbons (Fsp3) is 0.846. The van der Waals surface area contributed by atoms with Crippen molar-refractivity contribution >= 4 is 35.4 Å². The third-order valence-electron chi connectivity index (χ3n) is 2.67. The highest BCUT2D eigenvalue weighted by molar-refractivity contribution is 8.00. The number of thioether (sulfide) groups is 1. The second kappa shape index (κ2) is 6.02. The number of rotatable bonds is 2. The first-order valence-corrected chi connectivity index (χ1v) is 7.84. The van der Waals surface area contributed by atoms with Crippen molar-refractivity contribution in [1.29, 1.82) is 0 Å². The van der Waals surface area contributed by atoms with Gasteiger partial charge in [0.1, 0.15) is 11.6 Å². The van der Waals surface area contributed by atoms with Crippen molar-refractivity contribution in [3.05, 3.63) is 0 Å². The topological polar surface area (TPSA) is 55.8 Å². The van der Waals surface area contributed by atoms with Gasteiger partial charge in [-0.15, -0.1) is 11.8 Å². The summed E-state index contributed by atoms with van der Waals surface area (Å²) in [7, 11) is 0. The molecule has 0 aromatic heterocycles. The minimum Gasteiger partial charge on any atom is -0.458 e. The van der Waals surface area contributed by atoms with Gasteiger partial charge in [0.05, 0.1) is 5.88 Å². The number of ether oxygens (including phenoxy) is 2. The monoisotopic (exact) mass is 323 g/mol. The maximum atomic E-state index is 12.4. The normalized spacial score (nSPS) is 23.4. The molecule has 5 nitrogen and oxygen atoms in total. The Kier molecular flexibility index (Phi) is 5.24. The molecule has 1 amide bonds. The molecule has 0 aromatic carbocycles. The van der Waals surface area contributed by atoms with Gasteiger partial charge in [0.25, 0.3) is 0 Å². The lowest BCUT2D eigenvalue weighted by molar-refractivity contribution is -0.161. The molecular weight excluding hydrogens is 302 g/mol. The van der Waals surface area contributed by atoms with Gasteiger partial charge >= 0.3 is 12.1 Å². The van der Waals surface area contributed by atoms with E-state index < -0.39 is 34.0 Å². The van der Waals surface area contributed by atoms with Crippen LogP contribution in [-0.2, 0) is 14.3 Å². The summed E-state index contributed by atoms with van der Waals surface area (Å²) in [6, 6.07) is -0.686. The molecule has 1 fully saturated rings. The maximum Gasteiger partial charge on any atom is 0.412 e. The van der Waals surface area contributed by atoms with Crippen LogP contribution >= 0.6 is 23.4 Å². The summed E-state index contributed by atoms with van der Waals surface area (Å²) in [4.78, 5) is 25.8. The molecule has 0 aromatic rings. The molecule has 2 atom stereocenters. The van der Waals surface area contributed by atoms with Crippen molar-refractivity contribution in [1.82, 2.24) is 4.90 Å². The van der Waals surface area contributed by atoms with E-state index in [9.17, 15) is 9.59 Å². The molecule has 20 heavy (non-hydrogen) atoms. The predicted octanol–water partition coefficient (Wildman–Crippen LogP) is 3.20. The van der Waals surface area contributed by atoms with Crippen LogP contribution in [0.5, 0.6) is 0 Å². The van der Waals surface area contributed by atoms with E-state index in [-0.39, 0.29) is 0 Å². The van der Waals surface area contributed by atoms with E-state index in [0.29, 0.717) is 5.88 Å². The van der Waals surface area contributed by atoms with Gasteiger partial charge in [-0.25, -0.2) is 9.59 Å². The minimum absolute atomic E-state index is 0.374. The third kappa shape index (κ3) is 4.45. The van der Waals surface area contributed by atoms with Crippen molar-refractivity contribution in [3.8, 4) is 0 Å². The largest absolute Gasteiger partial charge is 0.458 e. The number of nitrogens with zero attached hydrogens (tertiary/aromatic N) is 1. The lowest BCUT2D eigenvalue weighted by atomic mass is 10.0. The van der Waals surface area contributed by atoms with Crippen LogP contribution in [0.15, 0.2) is 0 Å². The van der Waals surface area contributed by atoms with Crippen molar-refractivity contribution in [2.24, 2.45) is 0 Å². The van der Waals surface area contributed by atoms with Crippen LogP contribution in [-0.4, -0.2) is 44.8 Å². The Morgan fingerprint density at radius 3 is 2.40 bits per heavy atom. The Labute approximate surface area is 129 Å². The summed E-state index contributed by atoms with van der Waals surface area (Å²) >= 11 is 7.17. The summed E-state index contributed by atoms with van der Waals surface area (Å²) in [6.45, 7) is 10.8. The predicted molar refractivity (Wildman–Crippen MR) is 79.8 cm³/mol. The van der Waals surface area contributed by atoms with Crippen LogP contribution in [0.4, 0.5) is 4.79 Å². The van der Waals surface area contributed by atoms with Gasteiger partial charge in [-0.1, -0.05) is 11.6 Å². The van der Waals surface area contributed by atoms with Gasteiger partial charge < -0.3 is 9.47 Å². The van der Waals surface area contributed by atoms with Crippen LogP contribution < -0.4 is 0 Å². The Morgan fingerprint density at radius 2 is 1.95 bits per heavy atom. The van der Waals surface area contributed by atoms with Gasteiger partial charge in [0, 0.05) is 4.75 Å². The smallest absolute Gasteiger partial charge is 0.412 e. The van der Waals surface area contributed by atoms with E-state index in [0.717, 1.165) is 0 Å². The highest BCUT2D eigenvalue weighted by atomic mass is 35.5. The molecular formula is C13H22ClNO4S. The Morgan fingerprint density at radius 1 is 1.40 bits per heavy atom. The lowest BCUT2D eigenvalue weighted by Gasteiger charge is -2.32. The van der Waals surface area contributed by atoms with Crippen LogP contribution in [0.1, 0.15) is 41.5 Å². The average molecular weight is 324 g/mol. The number of hydrogen-bond acceptors (Lipinski definition) is 5. The summed E-state index contributed by atoms with van der Waals surface area (Å²) in [5, 5.41) is 0. The molecule has 0 saturated carbocycles. The second-order valence-corrected chi connectivity index (χ2v) is 8.42. The van der Waals surface area contributed by atoms with Crippen molar-refractivity contribution in [2.45, 2.75) is 63.5 Å². The van der Waals surface area contributed by atoms with E-state index >= 15 is 0 Å². The molecule has 1 unspecified atom stereocenters. The molecule has 0 spiro atoms. The molecule has 1 aliphatic rings. The maximum absolute atomic E-state index is 12.4. The standard InChI is InChI=1S/C13H22ClNO4S/c1-8(14)18-11(17)15-7-20-13(5,6)9(15)10(16)19-12(2,3)4/h8-9H,7H2,1-6H3/t8?,9-/m0/s1. The molecule has 0 aliphatic carbocycles. The van der Waals surface area contributed by atoms with E-state index in [2.05, 4.69) is 0 Å². The number of amides is 1. The van der Waals surface area contributed by atoms with Crippen LogP contribution in [0.25, 0.3) is 0 Å². The van der Waals surface area contributed by atoms with Gasteiger partial charge in [-0.05, 0) is 41.5 Å². The minimum atomic E-state index is -0.740. The van der Waals surface area contributed by atoms with E-state index in [4.69, 9.17) is 21.1 Å². The quantitative estimate of drug-likeness (QED) is 0.577. The van der Waals surface area contributed by atoms with Crippen LogP contribution in [0.2, 0.25) is 0 Å². The summed E-state index contributed by atoms with van der Waals surface area (Å²) in [5.74, 6) is -0.0500. The Hall–Kier alpha value is -0.620. The van der Waals surface area contributed by atoms with E-state index in [1.807, 2.05) is 13.8 Å². The lowest BCUT2D eigenvalue weighted by Crippen LogP contribution is -2.51. The third-order valence-corrected chi connectivity index (χ3v) is 4.14. The average Bonchev–Trinajstić information content (AvgIpc) is 2.50. The fourth-order valence-electron chi connectivity index (χ4n) is 1.90. The molecule has 0 bridgehead atoms. The van der Waals surface area contributed by atoms with Crippen molar-refractivity contribution in [3.63, 3.8) is 0 Å². The van der Waals surface area contributed by atoms with Gasteiger partial charge in [-0.2, -0.15) is 0 Å². The molecule has 1 aliphatic heterocycles. The Balaban J connectivity index is 2.91. The first-order valence-electron chi connectivity index (χ1n) is 6.42. The second-order valence-electron chi connectivity index (χ2n) is 6.21. The number of hydrogen-bond donors (Lipinski definition) is 0. The first kappa shape index (κ1) is 17.4. The zero-order chi connectivity index (χ0) is 15.7. The van der Waals surface area contributed by atoms with Gasteiger partial charge in [0.2, 0.25) is 0 Å². The summed E-state index contributed by atoms with van der Waals surface area (Å²) < 4.78 is 9.94. The van der Waals surface area contributed by atoms with E-state index in [1.165, 1.54) is 16.7 Å². The number of halogens is 1. The molecule has 1 heterocycles. The van der Waals surface area contributed by atoms with Crippen LogP contribution in [0, 0.1) is 0 Å². The summed E-state index contributed by atoms with van der Waals surface area (Å²) in [5.41, 5.74) is -1.34. The zero-order valence-electron chi connectivity index (χ0n) is 12.7. The molecule has 0 N–H and O–H groups in total. The van der Waals surface area contributed by atoms with Crippen molar-refractivity contribution in [2.75, 3.05) is 5.88 Å². The Bertz CT molecular complexity index is 392. The van der Waals surface area contributed by atoms with Gasteiger partial charge in [0.15, 0.2) is 5.56 Å². The molecule has 7 heteroatoms. The molecule has 116 valence electrons. The zero-order valence-corrected chi connectivity index (χ0v) is 14.3. The van der Waals surface area contributed by atoms with Crippen LogP contribution in [0.3, 0.4) is 0 Å². The first-order chi connectivity index (χ1) is 8.94. The van der Waals surface area contributed by atoms with Gasteiger partial charge in [-0.3, -0.25) is 4.90 Å². The number of carbonyl (C=O) groups excluding carboxylic acids is 2. The SMILES string of the molecule is CC(Cl)OC(=O)N1CSC(C)(C)[C@@H]1C(=O)OC(C)(C)C. The fourth-order valence-corrected chi connectivity index (χ4v) is 3.08. The molecule has 1 saturated heterocycles. The number of esters is 1. The van der Waals surface area contributed by atoms with E-state index in [1.54, 1.807) is 27.7 Å². The molecule has 1 rings (SSSR count). The van der Waals surface area contributed by atoms with Crippen molar-refractivity contribution < 1.29 is 19.1 Å².